The van der Waals surface area contributed by atoms with Crippen LogP contribution in [0, 0.1) is 11.3 Å². The zero-order valence-electron chi connectivity index (χ0n) is 14.7. The van der Waals surface area contributed by atoms with Gasteiger partial charge in [-0.05, 0) is 42.7 Å². The van der Waals surface area contributed by atoms with Crippen molar-refractivity contribution in [2.24, 2.45) is 11.3 Å². The molecule has 0 aliphatic heterocycles. The Labute approximate surface area is 150 Å². The van der Waals surface area contributed by atoms with Gasteiger partial charge in [0.2, 0.25) is 0 Å². The van der Waals surface area contributed by atoms with Crippen molar-refractivity contribution in [2.45, 2.75) is 46.5 Å². The molecule has 25 heavy (non-hydrogen) atoms. The summed E-state index contributed by atoms with van der Waals surface area (Å²) in [5, 5.41) is 9.39. The SMILES string of the molecule is CC(C)(C)C1CCc2c(sc3nc(-c4ccco4)c(CC(=O)O)n23)C1. The van der Waals surface area contributed by atoms with Crippen molar-refractivity contribution >= 4 is 22.3 Å². The monoisotopic (exact) mass is 358 g/mol. The highest BCUT2D eigenvalue weighted by molar-refractivity contribution is 7.17. The number of fused-ring (bicyclic) bond motifs is 3. The van der Waals surface area contributed by atoms with E-state index < -0.39 is 5.97 Å². The smallest absolute Gasteiger partial charge is 0.309 e. The van der Waals surface area contributed by atoms with E-state index >= 15 is 0 Å². The Morgan fingerprint density at radius 3 is 2.92 bits per heavy atom. The van der Waals surface area contributed by atoms with Crippen molar-refractivity contribution in [3.63, 3.8) is 0 Å². The van der Waals surface area contributed by atoms with Crippen LogP contribution in [-0.2, 0) is 24.1 Å². The quantitative estimate of drug-likeness (QED) is 0.752. The molecule has 4 rings (SSSR count). The van der Waals surface area contributed by atoms with Gasteiger partial charge in [0.15, 0.2) is 10.7 Å². The van der Waals surface area contributed by atoms with Gasteiger partial charge in [-0.2, -0.15) is 0 Å². The van der Waals surface area contributed by atoms with Crippen LogP contribution >= 0.6 is 11.3 Å². The summed E-state index contributed by atoms with van der Waals surface area (Å²) in [6, 6.07) is 3.64. The summed E-state index contributed by atoms with van der Waals surface area (Å²) in [4.78, 5) is 18.4. The minimum Gasteiger partial charge on any atom is -0.481 e. The van der Waals surface area contributed by atoms with Crippen molar-refractivity contribution in [1.82, 2.24) is 9.38 Å². The van der Waals surface area contributed by atoms with Gasteiger partial charge in [0.05, 0.1) is 18.4 Å². The number of furan rings is 1. The predicted octanol–water partition coefficient (Wildman–Crippen LogP) is 4.43. The molecule has 1 atom stereocenters. The molecule has 0 spiro atoms. The number of carboxylic acids is 1. The number of nitrogens with zero attached hydrogens (tertiary/aromatic N) is 2. The van der Waals surface area contributed by atoms with Gasteiger partial charge in [-0.1, -0.05) is 20.8 Å². The van der Waals surface area contributed by atoms with Gasteiger partial charge < -0.3 is 9.52 Å². The van der Waals surface area contributed by atoms with E-state index in [1.54, 1.807) is 23.7 Å². The lowest BCUT2D eigenvalue weighted by Crippen LogP contribution is -2.26. The first-order valence-electron chi connectivity index (χ1n) is 8.62. The summed E-state index contributed by atoms with van der Waals surface area (Å²) in [6.07, 6.45) is 4.69. The van der Waals surface area contributed by atoms with Crippen molar-refractivity contribution in [3.05, 3.63) is 34.7 Å². The molecule has 1 aliphatic rings. The van der Waals surface area contributed by atoms with E-state index in [2.05, 4.69) is 25.2 Å². The van der Waals surface area contributed by atoms with Gasteiger partial charge in [0.1, 0.15) is 5.69 Å². The van der Waals surface area contributed by atoms with Crippen LogP contribution in [0.4, 0.5) is 0 Å². The predicted molar refractivity (Wildman–Crippen MR) is 97.1 cm³/mol. The number of imidazole rings is 1. The summed E-state index contributed by atoms with van der Waals surface area (Å²) in [7, 11) is 0. The number of thiazole rings is 1. The van der Waals surface area contributed by atoms with Crippen molar-refractivity contribution < 1.29 is 14.3 Å². The van der Waals surface area contributed by atoms with E-state index in [9.17, 15) is 9.90 Å². The van der Waals surface area contributed by atoms with Crippen molar-refractivity contribution in [1.29, 1.82) is 0 Å². The maximum Gasteiger partial charge on any atom is 0.309 e. The number of carboxylic acid groups (broad SMARTS) is 1. The van der Waals surface area contributed by atoms with E-state index in [0.29, 0.717) is 17.4 Å². The lowest BCUT2D eigenvalue weighted by atomic mass is 9.73. The topological polar surface area (TPSA) is 67.7 Å². The highest BCUT2D eigenvalue weighted by atomic mass is 32.1. The number of aliphatic carboxylic acids is 1. The minimum atomic E-state index is -0.849. The molecule has 0 saturated carbocycles. The van der Waals surface area contributed by atoms with Crippen LogP contribution in [-0.4, -0.2) is 20.5 Å². The molecule has 132 valence electrons. The van der Waals surface area contributed by atoms with Crippen molar-refractivity contribution in [2.75, 3.05) is 0 Å². The Morgan fingerprint density at radius 2 is 2.28 bits per heavy atom. The summed E-state index contributed by atoms with van der Waals surface area (Å²) in [5.41, 5.74) is 2.90. The molecule has 1 N–H and O–H groups in total. The van der Waals surface area contributed by atoms with Crippen LogP contribution in [0.3, 0.4) is 0 Å². The fraction of sp³-hybridized carbons (Fsp3) is 0.474. The molecule has 3 aromatic heterocycles. The molecule has 0 aromatic carbocycles. The molecule has 0 fully saturated rings. The summed E-state index contributed by atoms with van der Waals surface area (Å²) < 4.78 is 7.56. The summed E-state index contributed by atoms with van der Waals surface area (Å²) >= 11 is 1.70. The maximum absolute atomic E-state index is 11.4. The molecule has 3 aromatic rings. The second kappa shape index (κ2) is 5.73. The van der Waals surface area contributed by atoms with E-state index in [4.69, 9.17) is 9.40 Å². The van der Waals surface area contributed by atoms with Crippen LogP contribution in [0.15, 0.2) is 22.8 Å². The van der Waals surface area contributed by atoms with Crippen LogP contribution in [0.1, 0.15) is 43.5 Å². The maximum atomic E-state index is 11.4. The zero-order chi connectivity index (χ0) is 17.8. The third kappa shape index (κ3) is 2.78. The van der Waals surface area contributed by atoms with Crippen LogP contribution in [0.25, 0.3) is 16.4 Å². The fourth-order valence-corrected chi connectivity index (χ4v) is 5.04. The Morgan fingerprint density at radius 1 is 1.48 bits per heavy atom. The number of hydrogen-bond acceptors (Lipinski definition) is 4. The minimum absolute atomic E-state index is 0.0525. The molecular formula is C19H22N2O3S. The second-order valence-corrected chi connectivity index (χ2v) is 8.91. The van der Waals surface area contributed by atoms with Gasteiger partial charge in [-0.25, -0.2) is 4.98 Å². The molecule has 1 unspecified atom stereocenters. The Hall–Kier alpha value is -2.08. The van der Waals surface area contributed by atoms with Gasteiger partial charge >= 0.3 is 5.97 Å². The molecule has 5 nitrogen and oxygen atoms in total. The number of rotatable bonds is 3. The van der Waals surface area contributed by atoms with Gasteiger partial charge in [-0.3, -0.25) is 9.20 Å². The largest absolute Gasteiger partial charge is 0.481 e. The van der Waals surface area contributed by atoms with Crippen LogP contribution in [0.5, 0.6) is 0 Å². The number of aryl methyl sites for hydroxylation is 1. The first-order chi connectivity index (χ1) is 11.8. The highest BCUT2D eigenvalue weighted by Crippen LogP contribution is 2.41. The fourth-order valence-electron chi connectivity index (χ4n) is 3.78. The second-order valence-electron chi connectivity index (χ2n) is 7.85. The lowest BCUT2D eigenvalue weighted by Gasteiger charge is -2.33. The first-order valence-corrected chi connectivity index (χ1v) is 9.44. The third-order valence-corrected chi connectivity index (χ3v) is 6.31. The Bertz CT molecular complexity index is 928. The molecule has 0 saturated heterocycles. The number of hydrogen-bond donors (Lipinski definition) is 1. The standard InChI is InChI=1S/C19H22N2O3S/c1-19(2,3)11-6-7-12-15(9-11)25-18-20-17(14-5-4-8-24-14)13(21(12)18)10-16(22)23/h4-5,8,11H,6-7,9-10H2,1-3H3,(H,22,23). The van der Waals surface area contributed by atoms with Crippen LogP contribution < -0.4 is 0 Å². The summed E-state index contributed by atoms with van der Waals surface area (Å²) in [5.74, 6) is 0.429. The molecule has 6 heteroatoms. The molecule has 0 amide bonds. The first kappa shape index (κ1) is 16.4. The van der Waals surface area contributed by atoms with E-state index in [-0.39, 0.29) is 11.8 Å². The van der Waals surface area contributed by atoms with Crippen LogP contribution in [0.2, 0.25) is 0 Å². The molecule has 0 radical (unpaired) electrons. The highest BCUT2D eigenvalue weighted by Gasteiger charge is 2.33. The summed E-state index contributed by atoms with van der Waals surface area (Å²) in [6.45, 7) is 6.89. The van der Waals surface area contributed by atoms with E-state index in [0.717, 1.165) is 29.9 Å². The van der Waals surface area contributed by atoms with Gasteiger partial charge in [-0.15, -0.1) is 11.3 Å². The Balaban J connectivity index is 1.85. The average molecular weight is 358 g/mol. The van der Waals surface area contributed by atoms with Gasteiger partial charge in [0.25, 0.3) is 0 Å². The molecule has 3 heterocycles. The van der Waals surface area contributed by atoms with E-state index in [1.165, 1.54) is 10.6 Å². The van der Waals surface area contributed by atoms with Crippen molar-refractivity contribution in [3.8, 4) is 11.5 Å². The molecule has 0 bridgehead atoms. The molecule has 1 aliphatic carbocycles. The third-order valence-electron chi connectivity index (χ3n) is 5.21. The Kier molecular flexibility index (Phi) is 3.76. The number of carbonyl (C=O) groups is 1. The molecular weight excluding hydrogens is 336 g/mol. The van der Waals surface area contributed by atoms with E-state index in [1.807, 2.05) is 6.07 Å². The normalized spacial score (nSPS) is 17.8. The lowest BCUT2D eigenvalue weighted by molar-refractivity contribution is -0.136. The average Bonchev–Trinajstić information content (AvgIpc) is 3.21. The zero-order valence-corrected chi connectivity index (χ0v) is 15.5. The van der Waals surface area contributed by atoms with Gasteiger partial charge in [0, 0.05) is 10.6 Å². The number of aromatic nitrogens is 2.